The number of nitrogens with one attached hydrogen (secondary N) is 1. The van der Waals surface area contributed by atoms with Crippen molar-refractivity contribution in [1.29, 1.82) is 0 Å². The number of fused-ring (bicyclic) bond motifs is 1. The van der Waals surface area contributed by atoms with Gasteiger partial charge in [0.25, 0.3) is 0 Å². The van der Waals surface area contributed by atoms with Crippen molar-refractivity contribution in [2.24, 2.45) is 0 Å². The fraction of sp³-hybridized carbons (Fsp3) is 0.294. The first kappa shape index (κ1) is 11.5. The predicted molar refractivity (Wildman–Crippen MR) is 75.9 cm³/mol. The Morgan fingerprint density at radius 2 is 1.67 bits per heavy atom. The molecule has 0 saturated heterocycles. The highest BCUT2D eigenvalue weighted by atomic mass is 14.9. The molecule has 1 nitrogen and oxygen atoms in total. The summed E-state index contributed by atoms with van der Waals surface area (Å²) < 4.78 is 0. The van der Waals surface area contributed by atoms with Crippen molar-refractivity contribution in [3.63, 3.8) is 0 Å². The quantitative estimate of drug-likeness (QED) is 0.800. The molecule has 2 aromatic rings. The van der Waals surface area contributed by atoms with Gasteiger partial charge in [-0.15, -0.1) is 0 Å². The van der Waals surface area contributed by atoms with Crippen LogP contribution in [-0.2, 0) is 6.42 Å². The molecule has 1 heterocycles. The molecule has 0 unspecified atom stereocenters. The van der Waals surface area contributed by atoms with Crippen molar-refractivity contribution in [3.8, 4) is 0 Å². The number of rotatable bonds is 1. The first-order valence-corrected chi connectivity index (χ1v) is 6.64. The third-order valence-electron chi connectivity index (χ3n) is 3.94. The summed E-state index contributed by atoms with van der Waals surface area (Å²) in [7, 11) is 0. The fourth-order valence-corrected chi connectivity index (χ4v) is 3.04. The molecular formula is C17H19N. The lowest BCUT2D eigenvalue weighted by atomic mass is 9.86. The molecule has 92 valence electrons. The van der Waals surface area contributed by atoms with E-state index in [9.17, 15) is 0 Å². The SMILES string of the molecule is Cc1cccc(C)c1[C@@H]1NCCc2ccccc21. The van der Waals surface area contributed by atoms with E-state index in [4.69, 9.17) is 0 Å². The molecule has 0 amide bonds. The number of aryl methyl sites for hydroxylation is 2. The Morgan fingerprint density at radius 1 is 0.944 bits per heavy atom. The zero-order chi connectivity index (χ0) is 12.5. The molecule has 1 heteroatoms. The van der Waals surface area contributed by atoms with Crippen LogP contribution in [0.15, 0.2) is 42.5 Å². The van der Waals surface area contributed by atoms with Crippen LogP contribution in [0, 0.1) is 13.8 Å². The summed E-state index contributed by atoms with van der Waals surface area (Å²) in [6, 6.07) is 15.7. The minimum atomic E-state index is 0.358. The maximum atomic E-state index is 3.67. The van der Waals surface area contributed by atoms with Gasteiger partial charge in [0.1, 0.15) is 0 Å². The van der Waals surface area contributed by atoms with Gasteiger partial charge in [0.2, 0.25) is 0 Å². The van der Waals surface area contributed by atoms with Gasteiger partial charge in [0, 0.05) is 6.54 Å². The second-order valence-electron chi connectivity index (χ2n) is 5.14. The first-order chi connectivity index (χ1) is 8.77. The summed E-state index contributed by atoms with van der Waals surface area (Å²) in [4.78, 5) is 0. The lowest BCUT2D eigenvalue weighted by molar-refractivity contribution is 0.563. The van der Waals surface area contributed by atoms with Crippen molar-refractivity contribution in [2.45, 2.75) is 26.3 Å². The Kier molecular flexibility index (Phi) is 2.92. The zero-order valence-electron chi connectivity index (χ0n) is 11.0. The molecular weight excluding hydrogens is 218 g/mol. The number of hydrogen-bond donors (Lipinski definition) is 1. The van der Waals surface area contributed by atoms with Crippen LogP contribution in [0.4, 0.5) is 0 Å². The van der Waals surface area contributed by atoms with E-state index in [0.29, 0.717) is 6.04 Å². The molecule has 0 radical (unpaired) electrons. The van der Waals surface area contributed by atoms with Gasteiger partial charge in [-0.2, -0.15) is 0 Å². The molecule has 1 aliphatic heterocycles. The summed E-state index contributed by atoms with van der Waals surface area (Å²) in [5, 5.41) is 3.67. The molecule has 0 aliphatic carbocycles. The normalized spacial score (nSPS) is 18.4. The van der Waals surface area contributed by atoms with Crippen LogP contribution in [0.25, 0.3) is 0 Å². The van der Waals surface area contributed by atoms with Gasteiger partial charge in [0.15, 0.2) is 0 Å². The van der Waals surface area contributed by atoms with E-state index in [0.717, 1.165) is 13.0 Å². The smallest absolute Gasteiger partial charge is 0.0584 e. The second kappa shape index (κ2) is 4.58. The molecule has 2 aromatic carbocycles. The third-order valence-corrected chi connectivity index (χ3v) is 3.94. The molecule has 0 bridgehead atoms. The van der Waals surface area contributed by atoms with E-state index >= 15 is 0 Å². The van der Waals surface area contributed by atoms with Gasteiger partial charge < -0.3 is 5.32 Å². The van der Waals surface area contributed by atoms with Gasteiger partial charge in [-0.1, -0.05) is 42.5 Å². The first-order valence-electron chi connectivity index (χ1n) is 6.64. The minimum absolute atomic E-state index is 0.358. The van der Waals surface area contributed by atoms with Crippen LogP contribution in [0.1, 0.15) is 33.9 Å². The van der Waals surface area contributed by atoms with Crippen molar-refractivity contribution < 1.29 is 0 Å². The van der Waals surface area contributed by atoms with Crippen LogP contribution < -0.4 is 5.32 Å². The van der Waals surface area contributed by atoms with Gasteiger partial charge in [0.05, 0.1) is 6.04 Å². The Hall–Kier alpha value is -1.60. The molecule has 1 N–H and O–H groups in total. The molecule has 0 aromatic heterocycles. The highest BCUT2D eigenvalue weighted by Gasteiger charge is 2.23. The van der Waals surface area contributed by atoms with Gasteiger partial charge in [-0.05, 0) is 48.1 Å². The molecule has 3 rings (SSSR count). The summed E-state index contributed by atoms with van der Waals surface area (Å²) >= 11 is 0. The summed E-state index contributed by atoms with van der Waals surface area (Å²) in [5.41, 5.74) is 7.14. The van der Waals surface area contributed by atoms with Crippen molar-refractivity contribution >= 4 is 0 Å². The topological polar surface area (TPSA) is 12.0 Å². The molecule has 18 heavy (non-hydrogen) atoms. The average Bonchev–Trinajstić information content (AvgIpc) is 2.39. The Labute approximate surface area is 109 Å². The van der Waals surface area contributed by atoms with E-state index in [1.54, 1.807) is 0 Å². The van der Waals surface area contributed by atoms with Gasteiger partial charge >= 0.3 is 0 Å². The molecule has 1 atom stereocenters. The van der Waals surface area contributed by atoms with Crippen molar-refractivity contribution in [2.75, 3.05) is 6.54 Å². The van der Waals surface area contributed by atoms with Crippen LogP contribution in [-0.4, -0.2) is 6.54 Å². The fourth-order valence-electron chi connectivity index (χ4n) is 3.04. The molecule has 1 aliphatic rings. The largest absolute Gasteiger partial charge is 0.306 e. The van der Waals surface area contributed by atoms with E-state index < -0.39 is 0 Å². The van der Waals surface area contributed by atoms with Gasteiger partial charge in [-0.25, -0.2) is 0 Å². The zero-order valence-corrected chi connectivity index (χ0v) is 11.0. The van der Waals surface area contributed by atoms with E-state index in [-0.39, 0.29) is 0 Å². The van der Waals surface area contributed by atoms with Gasteiger partial charge in [-0.3, -0.25) is 0 Å². The Morgan fingerprint density at radius 3 is 2.44 bits per heavy atom. The summed E-state index contributed by atoms with van der Waals surface area (Å²) in [6.07, 6.45) is 1.14. The highest BCUT2D eigenvalue weighted by molar-refractivity contribution is 5.45. The van der Waals surface area contributed by atoms with Crippen LogP contribution in [0.5, 0.6) is 0 Å². The monoisotopic (exact) mass is 237 g/mol. The summed E-state index contributed by atoms with van der Waals surface area (Å²) in [5.74, 6) is 0. The predicted octanol–water partition coefficient (Wildman–Crippen LogP) is 3.54. The Balaban J connectivity index is 2.14. The second-order valence-corrected chi connectivity index (χ2v) is 5.14. The van der Waals surface area contributed by atoms with Crippen LogP contribution in [0.2, 0.25) is 0 Å². The average molecular weight is 237 g/mol. The van der Waals surface area contributed by atoms with Crippen LogP contribution >= 0.6 is 0 Å². The number of benzene rings is 2. The van der Waals surface area contributed by atoms with E-state index in [1.807, 2.05) is 0 Å². The third kappa shape index (κ3) is 1.85. The maximum absolute atomic E-state index is 3.67. The maximum Gasteiger partial charge on any atom is 0.0584 e. The minimum Gasteiger partial charge on any atom is -0.306 e. The highest BCUT2D eigenvalue weighted by Crippen LogP contribution is 2.32. The lowest BCUT2D eigenvalue weighted by Crippen LogP contribution is -2.31. The summed E-state index contributed by atoms with van der Waals surface area (Å²) in [6.45, 7) is 5.48. The van der Waals surface area contributed by atoms with E-state index in [1.165, 1.54) is 27.8 Å². The van der Waals surface area contributed by atoms with Crippen LogP contribution in [0.3, 0.4) is 0 Å². The Bertz CT molecular complexity index is 551. The molecule has 0 fully saturated rings. The lowest BCUT2D eigenvalue weighted by Gasteiger charge is -2.29. The van der Waals surface area contributed by atoms with E-state index in [2.05, 4.69) is 61.6 Å². The van der Waals surface area contributed by atoms with Crippen molar-refractivity contribution in [1.82, 2.24) is 5.32 Å². The van der Waals surface area contributed by atoms with Crippen molar-refractivity contribution in [3.05, 3.63) is 70.3 Å². The molecule has 0 spiro atoms. The molecule has 0 saturated carbocycles. The number of hydrogen-bond acceptors (Lipinski definition) is 1. The standard InChI is InChI=1S/C17H19N/c1-12-6-5-7-13(2)16(12)17-15-9-4-3-8-14(15)10-11-18-17/h3-9,17-18H,10-11H2,1-2H3/t17-/m1/s1.